The van der Waals surface area contributed by atoms with Crippen LogP contribution in [0.4, 0.5) is 27.8 Å². The summed E-state index contributed by atoms with van der Waals surface area (Å²) >= 11 is 0. The lowest BCUT2D eigenvalue weighted by molar-refractivity contribution is -0.290. The van der Waals surface area contributed by atoms with E-state index in [1.54, 1.807) is 0 Å². The van der Waals surface area contributed by atoms with Crippen molar-refractivity contribution in [3.63, 3.8) is 0 Å². The molecule has 0 aromatic carbocycles. The number of hydrogen-bond acceptors (Lipinski definition) is 3. The molecule has 0 unspecified atom stereocenters. The zero-order valence-electron chi connectivity index (χ0n) is 7.76. The summed E-state index contributed by atoms with van der Waals surface area (Å²) in [5, 5.41) is 0. The zero-order valence-corrected chi connectivity index (χ0v) is 7.76. The summed E-state index contributed by atoms with van der Waals surface area (Å²) in [6.07, 6.45) is -4.67. The molecule has 1 aromatic heterocycles. The van der Waals surface area contributed by atoms with Crippen LogP contribution in [0.2, 0.25) is 0 Å². The van der Waals surface area contributed by atoms with Crippen LogP contribution < -0.4 is 10.5 Å². The van der Waals surface area contributed by atoms with E-state index in [2.05, 4.69) is 9.72 Å². The summed E-state index contributed by atoms with van der Waals surface area (Å²) in [6.45, 7) is -1.79. The van der Waals surface area contributed by atoms with E-state index in [-0.39, 0.29) is 11.6 Å². The molecule has 0 atom stereocenters. The minimum Gasteiger partial charge on any atom is -0.485 e. The van der Waals surface area contributed by atoms with Crippen LogP contribution in [-0.4, -0.2) is 23.7 Å². The number of halogens is 5. The van der Waals surface area contributed by atoms with Gasteiger partial charge in [0.05, 0.1) is 6.20 Å². The molecule has 3 nitrogen and oxygen atoms in total. The second-order valence-corrected chi connectivity index (χ2v) is 2.91. The van der Waals surface area contributed by atoms with E-state index in [1.165, 1.54) is 6.07 Å². The Morgan fingerprint density at radius 1 is 1.19 bits per heavy atom. The van der Waals surface area contributed by atoms with Crippen LogP contribution in [0, 0.1) is 0 Å². The van der Waals surface area contributed by atoms with Gasteiger partial charge in [0, 0.05) is 0 Å². The van der Waals surface area contributed by atoms with E-state index in [1.807, 2.05) is 0 Å². The van der Waals surface area contributed by atoms with Gasteiger partial charge in [0.2, 0.25) is 0 Å². The Balaban J connectivity index is 2.61. The maximum absolute atomic E-state index is 12.4. The van der Waals surface area contributed by atoms with Gasteiger partial charge in [0.15, 0.2) is 6.61 Å². The first-order valence-corrected chi connectivity index (χ1v) is 4.01. The summed E-state index contributed by atoms with van der Waals surface area (Å²) in [5.41, 5.74) is 5.18. The third kappa shape index (κ3) is 2.94. The van der Waals surface area contributed by atoms with Gasteiger partial charge < -0.3 is 10.5 Å². The van der Waals surface area contributed by atoms with Gasteiger partial charge in [0.25, 0.3) is 0 Å². The number of anilines is 1. The Labute approximate surface area is 87.0 Å². The van der Waals surface area contributed by atoms with Gasteiger partial charge >= 0.3 is 12.1 Å². The molecule has 90 valence electrons. The molecule has 1 rings (SSSR count). The topological polar surface area (TPSA) is 48.1 Å². The van der Waals surface area contributed by atoms with Crippen molar-refractivity contribution < 1.29 is 26.7 Å². The summed E-state index contributed by atoms with van der Waals surface area (Å²) in [5.74, 6) is -5.00. The van der Waals surface area contributed by atoms with E-state index in [9.17, 15) is 22.0 Å². The largest absolute Gasteiger partial charge is 0.485 e. The Morgan fingerprint density at radius 2 is 1.81 bits per heavy atom. The average Bonchev–Trinajstić information content (AvgIpc) is 2.15. The highest BCUT2D eigenvalue weighted by atomic mass is 19.4. The van der Waals surface area contributed by atoms with Gasteiger partial charge in [-0.05, 0) is 12.1 Å². The lowest BCUT2D eigenvalue weighted by Gasteiger charge is -2.19. The molecule has 0 aliphatic rings. The summed E-state index contributed by atoms with van der Waals surface area (Å²) in [6, 6.07) is 2.37. The molecular weight excluding hydrogens is 235 g/mol. The second kappa shape index (κ2) is 4.11. The number of nitrogens with two attached hydrogens (primary N) is 1. The molecule has 16 heavy (non-hydrogen) atoms. The summed E-state index contributed by atoms with van der Waals surface area (Å²) < 4.78 is 64.3. The van der Waals surface area contributed by atoms with Crippen molar-refractivity contribution in [2.45, 2.75) is 12.1 Å². The van der Waals surface area contributed by atoms with Gasteiger partial charge in [0.1, 0.15) is 11.6 Å². The van der Waals surface area contributed by atoms with Crippen LogP contribution in [0.15, 0.2) is 18.3 Å². The van der Waals surface area contributed by atoms with E-state index in [4.69, 9.17) is 5.73 Å². The SMILES string of the molecule is Nc1ccc(OCC(F)(F)C(F)(F)F)cn1. The van der Waals surface area contributed by atoms with Crippen molar-refractivity contribution in [2.75, 3.05) is 12.3 Å². The molecule has 0 fully saturated rings. The molecule has 0 saturated carbocycles. The summed E-state index contributed by atoms with van der Waals surface area (Å²) in [4.78, 5) is 3.47. The highest BCUT2D eigenvalue weighted by molar-refractivity contribution is 5.32. The molecular formula is C8H7F5N2O. The molecule has 1 heterocycles. The summed E-state index contributed by atoms with van der Waals surface area (Å²) in [7, 11) is 0. The first-order valence-electron chi connectivity index (χ1n) is 4.01. The predicted octanol–water partition coefficient (Wildman–Crippen LogP) is 2.24. The molecule has 0 amide bonds. The van der Waals surface area contributed by atoms with Crippen molar-refractivity contribution in [1.82, 2.24) is 4.98 Å². The van der Waals surface area contributed by atoms with Crippen LogP contribution in [0.1, 0.15) is 0 Å². The Morgan fingerprint density at radius 3 is 2.25 bits per heavy atom. The molecule has 8 heteroatoms. The number of aromatic nitrogens is 1. The van der Waals surface area contributed by atoms with E-state index >= 15 is 0 Å². The Bertz CT molecular complexity index is 348. The molecule has 0 aliphatic heterocycles. The third-order valence-electron chi connectivity index (χ3n) is 1.59. The molecule has 0 spiro atoms. The molecule has 0 bridgehead atoms. The average molecular weight is 242 g/mol. The van der Waals surface area contributed by atoms with Crippen LogP contribution in [0.5, 0.6) is 5.75 Å². The lowest BCUT2D eigenvalue weighted by Crippen LogP contribution is -2.41. The van der Waals surface area contributed by atoms with Gasteiger partial charge in [-0.2, -0.15) is 22.0 Å². The first-order chi connectivity index (χ1) is 7.22. The predicted molar refractivity (Wildman–Crippen MR) is 45.1 cm³/mol. The fourth-order valence-corrected chi connectivity index (χ4v) is 0.733. The number of alkyl halides is 5. The van der Waals surface area contributed by atoms with Gasteiger partial charge in [-0.1, -0.05) is 0 Å². The van der Waals surface area contributed by atoms with Gasteiger partial charge in [-0.25, -0.2) is 4.98 Å². The minimum absolute atomic E-state index is 0.106. The molecule has 0 aliphatic carbocycles. The van der Waals surface area contributed by atoms with Crippen molar-refractivity contribution in [1.29, 1.82) is 0 Å². The highest BCUT2D eigenvalue weighted by Gasteiger charge is 2.58. The van der Waals surface area contributed by atoms with Crippen molar-refractivity contribution in [3.8, 4) is 5.75 Å². The smallest absolute Gasteiger partial charge is 0.456 e. The number of ether oxygens (including phenoxy) is 1. The highest BCUT2D eigenvalue weighted by Crippen LogP contribution is 2.35. The third-order valence-corrected chi connectivity index (χ3v) is 1.59. The number of hydrogen-bond donors (Lipinski definition) is 1. The fourth-order valence-electron chi connectivity index (χ4n) is 0.733. The van der Waals surface area contributed by atoms with Gasteiger partial charge in [-0.15, -0.1) is 0 Å². The first kappa shape index (κ1) is 12.5. The molecule has 0 radical (unpaired) electrons. The van der Waals surface area contributed by atoms with Crippen molar-refractivity contribution in [2.24, 2.45) is 0 Å². The van der Waals surface area contributed by atoms with Crippen LogP contribution in [0.25, 0.3) is 0 Å². The molecule has 0 saturated heterocycles. The molecule has 1 aromatic rings. The number of nitrogens with zero attached hydrogens (tertiary/aromatic N) is 1. The standard InChI is InChI=1S/C8H7F5N2O/c9-7(10,8(11,12)13)4-16-5-1-2-6(14)15-3-5/h1-3H,4H2,(H2,14,15). The monoisotopic (exact) mass is 242 g/mol. The van der Waals surface area contributed by atoms with Crippen molar-refractivity contribution >= 4 is 5.82 Å². The quantitative estimate of drug-likeness (QED) is 0.827. The van der Waals surface area contributed by atoms with Crippen LogP contribution >= 0.6 is 0 Å². The molecule has 2 N–H and O–H groups in total. The van der Waals surface area contributed by atoms with E-state index in [0.29, 0.717) is 0 Å². The number of rotatable bonds is 3. The maximum atomic E-state index is 12.4. The maximum Gasteiger partial charge on any atom is 0.456 e. The number of nitrogen functional groups attached to an aromatic ring is 1. The second-order valence-electron chi connectivity index (χ2n) is 2.91. The van der Waals surface area contributed by atoms with E-state index < -0.39 is 18.7 Å². The Kier molecular flexibility index (Phi) is 3.20. The normalized spacial score (nSPS) is 12.6. The number of pyridine rings is 1. The van der Waals surface area contributed by atoms with Crippen LogP contribution in [-0.2, 0) is 0 Å². The Hall–Kier alpha value is -1.60. The minimum atomic E-state index is -5.63. The lowest BCUT2D eigenvalue weighted by atomic mass is 10.3. The van der Waals surface area contributed by atoms with E-state index in [0.717, 1.165) is 12.3 Å². The van der Waals surface area contributed by atoms with Gasteiger partial charge in [-0.3, -0.25) is 0 Å². The van der Waals surface area contributed by atoms with Crippen molar-refractivity contribution in [3.05, 3.63) is 18.3 Å². The zero-order chi connectivity index (χ0) is 12.4. The fraction of sp³-hybridized carbons (Fsp3) is 0.375. The van der Waals surface area contributed by atoms with Crippen LogP contribution in [0.3, 0.4) is 0 Å².